The van der Waals surface area contributed by atoms with E-state index in [-0.39, 0.29) is 11.8 Å². The van der Waals surface area contributed by atoms with Crippen LogP contribution in [-0.2, 0) is 4.79 Å². The summed E-state index contributed by atoms with van der Waals surface area (Å²) >= 11 is 0. The predicted octanol–water partition coefficient (Wildman–Crippen LogP) is 3.33. The highest BCUT2D eigenvalue weighted by molar-refractivity contribution is 5.79. The molecule has 156 valence electrons. The van der Waals surface area contributed by atoms with E-state index in [1.165, 1.54) is 25.7 Å². The summed E-state index contributed by atoms with van der Waals surface area (Å²) in [4.78, 5) is 24.0. The fourth-order valence-corrected chi connectivity index (χ4v) is 4.63. The number of aromatic nitrogens is 4. The van der Waals surface area contributed by atoms with Crippen molar-refractivity contribution in [1.82, 2.24) is 25.1 Å². The Labute approximate surface area is 172 Å². The highest BCUT2D eigenvalue weighted by Gasteiger charge is 2.28. The predicted molar refractivity (Wildman–Crippen MR) is 113 cm³/mol. The summed E-state index contributed by atoms with van der Waals surface area (Å²) in [6.07, 6.45) is 10.9. The van der Waals surface area contributed by atoms with Crippen molar-refractivity contribution in [2.24, 2.45) is 5.92 Å². The molecule has 7 nitrogen and oxygen atoms in total. The first kappa shape index (κ1) is 19.9. The van der Waals surface area contributed by atoms with Gasteiger partial charge in [-0.25, -0.2) is 14.6 Å². The second kappa shape index (κ2) is 8.93. The highest BCUT2D eigenvalue weighted by Crippen LogP contribution is 2.24. The molecule has 1 aliphatic heterocycles. The molecule has 1 aliphatic carbocycles. The number of nitrogens with one attached hydrogen (secondary N) is 1. The Kier molecular flexibility index (Phi) is 6.11. The van der Waals surface area contributed by atoms with Gasteiger partial charge in [-0.1, -0.05) is 25.7 Å². The molecule has 0 radical (unpaired) electrons. The average molecular weight is 397 g/mol. The molecule has 3 heterocycles. The van der Waals surface area contributed by atoms with Crippen molar-refractivity contribution in [3.05, 3.63) is 29.8 Å². The SMILES string of the molecule is Cc1cc(C)n(-c2cc(N3CCCC(C(=O)NC4CCCCCC4)C3)ncn2)n1. The number of nitrogens with zero attached hydrogens (tertiary/aromatic N) is 5. The lowest BCUT2D eigenvalue weighted by Crippen LogP contribution is -2.46. The molecule has 1 atom stereocenters. The van der Waals surface area contributed by atoms with Crippen LogP contribution >= 0.6 is 0 Å². The van der Waals surface area contributed by atoms with E-state index in [0.717, 1.165) is 55.3 Å². The molecule has 0 aromatic carbocycles. The molecule has 1 unspecified atom stereocenters. The van der Waals surface area contributed by atoms with Gasteiger partial charge in [0.25, 0.3) is 0 Å². The molecule has 2 aliphatic rings. The van der Waals surface area contributed by atoms with Crippen LogP contribution in [0.3, 0.4) is 0 Å². The molecular weight excluding hydrogens is 364 g/mol. The van der Waals surface area contributed by atoms with Crippen LogP contribution in [0.15, 0.2) is 18.5 Å². The molecule has 7 heteroatoms. The molecule has 4 rings (SSSR count). The second-order valence-corrected chi connectivity index (χ2v) is 8.56. The summed E-state index contributed by atoms with van der Waals surface area (Å²) in [6.45, 7) is 5.64. The second-order valence-electron chi connectivity index (χ2n) is 8.56. The van der Waals surface area contributed by atoms with Crippen LogP contribution in [-0.4, -0.2) is 44.8 Å². The van der Waals surface area contributed by atoms with E-state index in [0.29, 0.717) is 12.6 Å². The Morgan fingerprint density at radius 3 is 2.48 bits per heavy atom. The minimum Gasteiger partial charge on any atom is -0.356 e. The van der Waals surface area contributed by atoms with Gasteiger partial charge in [-0.15, -0.1) is 0 Å². The van der Waals surface area contributed by atoms with Crippen molar-refractivity contribution < 1.29 is 4.79 Å². The molecule has 2 fully saturated rings. The Morgan fingerprint density at radius 1 is 1.00 bits per heavy atom. The van der Waals surface area contributed by atoms with Crippen molar-refractivity contribution in [2.45, 2.75) is 71.3 Å². The molecule has 1 saturated heterocycles. The van der Waals surface area contributed by atoms with Gasteiger partial charge < -0.3 is 10.2 Å². The van der Waals surface area contributed by atoms with Crippen LogP contribution in [0.25, 0.3) is 5.82 Å². The summed E-state index contributed by atoms with van der Waals surface area (Å²) in [5, 5.41) is 7.86. The number of carbonyl (C=O) groups is 1. The van der Waals surface area contributed by atoms with Gasteiger partial charge in [-0.05, 0) is 45.6 Å². The van der Waals surface area contributed by atoms with E-state index in [9.17, 15) is 4.79 Å². The fraction of sp³-hybridized carbons (Fsp3) is 0.636. The smallest absolute Gasteiger partial charge is 0.225 e. The van der Waals surface area contributed by atoms with Crippen LogP contribution in [0.2, 0.25) is 0 Å². The number of amides is 1. The number of aryl methyl sites for hydroxylation is 2. The maximum atomic E-state index is 12.9. The van der Waals surface area contributed by atoms with Gasteiger partial charge in [0.15, 0.2) is 5.82 Å². The number of hydrogen-bond acceptors (Lipinski definition) is 5. The maximum absolute atomic E-state index is 12.9. The molecule has 0 spiro atoms. The number of anilines is 1. The Balaban J connectivity index is 1.43. The van der Waals surface area contributed by atoms with Gasteiger partial charge >= 0.3 is 0 Å². The van der Waals surface area contributed by atoms with Crippen molar-refractivity contribution in [2.75, 3.05) is 18.0 Å². The van der Waals surface area contributed by atoms with Crippen LogP contribution in [0.4, 0.5) is 5.82 Å². The normalized spacial score (nSPS) is 21.0. The van der Waals surface area contributed by atoms with Crippen molar-refractivity contribution in [3.63, 3.8) is 0 Å². The molecule has 1 N–H and O–H groups in total. The van der Waals surface area contributed by atoms with Crippen LogP contribution < -0.4 is 10.2 Å². The summed E-state index contributed by atoms with van der Waals surface area (Å²) in [5.41, 5.74) is 2.02. The molecule has 1 saturated carbocycles. The van der Waals surface area contributed by atoms with Crippen molar-refractivity contribution in [1.29, 1.82) is 0 Å². The number of hydrogen-bond donors (Lipinski definition) is 1. The largest absolute Gasteiger partial charge is 0.356 e. The first-order chi connectivity index (χ1) is 14.1. The van der Waals surface area contributed by atoms with Crippen LogP contribution in [0.5, 0.6) is 0 Å². The monoisotopic (exact) mass is 396 g/mol. The van der Waals surface area contributed by atoms with E-state index >= 15 is 0 Å². The average Bonchev–Trinajstić information content (AvgIpc) is 2.91. The first-order valence-corrected chi connectivity index (χ1v) is 11.0. The minimum absolute atomic E-state index is 0.0269. The molecular formula is C22H32N6O. The summed E-state index contributed by atoms with van der Waals surface area (Å²) in [5.74, 6) is 1.88. The lowest BCUT2D eigenvalue weighted by molar-refractivity contribution is -0.126. The third-order valence-corrected chi connectivity index (χ3v) is 6.18. The molecule has 2 aromatic rings. The summed E-state index contributed by atoms with van der Waals surface area (Å²) in [7, 11) is 0. The Hall–Kier alpha value is -2.44. The van der Waals surface area contributed by atoms with Crippen LogP contribution in [0, 0.1) is 19.8 Å². The molecule has 0 bridgehead atoms. The van der Waals surface area contributed by atoms with Gasteiger partial charge in [0.1, 0.15) is 12.1 Å². The van der Waals surface area contributed by atoms with Gasteiger partial charge in [-0.2, -0.15) is 5.10 Å². The zero-order valence-corrected chi connectivity index (χ0v) is 17.6. The quantitative estimate of drug-likeness (QED) is 0.802. The van der Waals surface area contributed by atoms with Gasteiger partial charge in [0.2, 0.25) is 5.91 Å². The number of piperidine rings is 1. The standard InChI is InChI=1S/C22H32N6O/c1-16-12-17(2)28(26-16)21-13-20(23-15-24-21)27-11-7-8-18(14-27)22(29)25-19-9-5-3-4-6-10-19/h12-13,15,18-19H,3-11,14H2,1-2H3,(H,25,29). The van der Waals surface area contributed by atoms with E-state index in [1.807, 2.05) is 30.7 Å². The zero-order valence-electron chi connectivity index (χ0n) is 17.6. The van der Waals surface area contributed by atoms with Crippen molar-refractivity contribution >= 4 is 11.7 Å². The third kappa shape index (κ3) is 4.77. The molecule has 29 heavy (non-hydrogen) atoms. The van der Waals surface area contributed by atoms with Crippen molar-refractivity contribution in [3.8, 4) is 5.82 Å². The minimum atomic E-state index is 0.0269. The summed E-state index contributed by atoms with van der Waals surface area (Å²) < 4.78 is 1.85. The Bertz CT molecular complexity index is 840. The zero-order chi connectivity index (χ0) is 20.2. The summed E-state index contributed by atoms with van der Waals surface area (Å²) in [6, 6.07) is 4.37. The number of rotatable bonds is 4. The third-order valence-electron chi connectivity index (χ3n) is 6.18. The van der Waals surface area contributed by atoms with E-state index in [4.69, 9.17) is 0 Å². The van der Waals surface area contributed by atoms with Gasteiger partial charge in [0.05, 0.1) is 11.6 Å². The van der Waals surface area contributed by atoms with Gasteiger partial charge in [-0.3, -0.25) is 4.79 Å². The highest BCUT2D eigenvalue weighted by atomic mass is 16.2. The van der Waals surface area contributed by atoms with Crippen LogP contribution in [0.1, 0.15) is 62.8 Å². The molecule has 1 amide bonds. The van der Waals surface area contributed by atoms with Gasteiger partial charge in [0, 0.05) is 30.9 Å². The number of carbonyl (C=O) groups excluding carboxylic acids is 1. The Morgan fingerprint density at radius 2 is 1.76 bits per heavy atom. The molecule has 2 aromatic heterocycles. The first-order valence-electron chi connectivity index (χ1n) is 11.0. The topological polar surface area (TPSA) is 75.9 Å². The van der Waals surface area contributed by atoms with E-state index in [2.05, 4.69) is 25.3 Å². The lowest BCUT2D eigenvalue weighted by Gasteiger charge is -2.33. The van der Waals surface area contributed by atoms with E-state index in [1.54, 1.807) is 6.33 Å². The van der Waals surface area contributed by atoms with E-state index < -0.39 is 0 Å². The fourth-order valence-electron chi connectivity index (χ4n) is 4.63. The maximum Gasteiger partial charge on any atom is 0.225 e. The lowest BCUT2D eigenvalue weighted by atomic mass is 9.96.